The van der Waals surface area contributed by atoms with E-state index in [2.05, 4.69) is 6.07 Å². The molecule has 2 aliphatic rings. The normalized spacial score (nSPS) is 15.8. The molecule has 0 fully saturated rings. The molecule has 0 N–H and O–H groups in total. The molecule has 0 saturated carbocycles. The molecule has 172 valence electrons. The predicted molar refractivity (Wildman–Crippen MR) is 119 cm³/mol. The van der Waals surface area contributed by atoms with Crippen LogP contribution in [0.15, 0.2) is 42.5 Å². The van der Waals surface area contributed by atoms with Crippen molar-refractivity contribution in [3.05, 3.63) is 70.3 Å². The second-order valence-corrected chi connectivity index (χ2v) is 8.19. The minimum Gasteiger partial charge on any atom is -0.449 e. The van der Waals surface area contributed by atoms with Crippen LogP contribution in [0.2, 0.25) is 0 Å². The number of ether oxygens (including phenoxy) is 2. The van der Waals surface area contributed by atoms with Gasteiger partial charge in [0.1, 0.15) is 0 Å². The minimum atomic E-state index is -0.973. The van der Waals surface area contributed by atoms with Gasteiger partial charge in [-0.2, -0.15) is 0 Å². The van der Waals surface area contributed by atoms with Crippen LogP contribution in [-0.4, -0.2) is 66.4 Å². The van der Waals surface area contributed by atoms with Crippen LogP contribution >= 0.6 is 0 Å². The van der Waals surface area contributed by atoms with Gasteiger partial charge >= 0.3 is 5.97 Å². The van der Waals surface area contributed by atoms with Crippen LogP contribution in [0.1, 0.15) is 55.5 Å². The number of fused-ring (bicyclic) bond motifs is 2. The number of benzene rings is 2. The lowest BCUT2D eigenvalue weighted by Gasteiger charge is -2.30. The second-order valence-electron chi connectivity index (χ2n) is 8.19. The molecule has 0 aromatic heterocycles. The Balaban J connectivity index is 1.41. The van der Waals surface area contributed by atoms with Gasteiger partial charge in [-0.25, -0.2) is 4.79 Å². The zero-order chi connectivity index (χ0) is 23.5. The highest BCUT2D eigenvalue weighted by atomic mass is 16.5. The van der Waals surface area contributed by atoms with Crippen LogP contribution in [-0.2, 0) is 27.2 Å². The Hall–Kier alpha value is -3.52. The van der Waals surface area contributed by atoms with Crippen molar-refractivity contribution < 1.29 is 28.7 Å². The Labute approximate surface area is 192 Å². The molecule has 8 heteroatoms. The average Bonchev–Trinajstić information content (AvgIpc) is 3.07. The van der Waals surface area contributed by atoms with E-state index in [0.717, 1.165) is 16.9 Å². The summed E-state index contributed by atoms with van der Waals surface area (Å²) in [6.45, 7) is 3.25. The van der Waals surface area contributed by atoms with E-state index in [-0.39, 0.29) is 35.0 Å². The molecule has 1 atom stereocenters. The van der Waals surface area contributed by atoms with Gasteiger partial charge in [0.2, 0.25) is 0 Å². The molecule has 8 nitrogen and oxygen atoms in total. The highest BCUT2D eigenvalue weighted by Gasteiger charge is 2.36. The van der Waals surface area contributed by atoms with Gasteiger partial charge in [0, 0.05) is 33.4 Å². The second kappa shape index (κ2) is 9.54. The van der Waals surface area contributed by atoms with Gasteiger partial charge in [0.15, 0.2) is 6.10 Å². The molecule has 1 unspecified atom stereocenters. The Morgan fingerprint density at radius 3 is 2.52 bits per heavy atom. The van der Waals surface area contributed by atoms with Crippen molar-refractivity contribution in [1.29, 1.82) is 0 Å². The van der Waals surface area contributed by atoms with E-state index in [0.29, 0.717) is 26.1 Å². The van der Waals surface area contributed by atoms with Gasteiger partial charge in [0.25, 0.3) is 17.7 Å². The lowest BCUT2D eigenvalue weighted by atomic mass is 9.99. The quantitative estimate of drug-likeness (QED) is 0.366. The third-order valence-electron chi connectivity index (χ3n) is 6.01. The molecular weight excluding hydrogens is 424 g/mol. The van der Waals surface area contributed by atoms with Crippen molar-refractivity contribution in [2.75, 3.05) is 26.8 Å². The zero-order valence-electron chi connectivity index (χ0n) is 18.7. The molecule has 0 saturated heterocycles. The standard InChI is InChI=1S/C25H26N2O6/c1-16(22(28)26-12-10-17-6-3-4-7-19(17)15-26)33-25(31)18-8-9-20-21(14-18)24(30)27(23(20)29)11-5-13-32-2/h3-4,6-9,14,16H,5,10-13,15H2,1-2H3. The van der Waals surface area contributed by atoms with Crippen LogP contribution in [0.4, 0.5) is 0 Å². The number of carbonyl (C=O) groups is 4. The highest BCUT2D eigenvalue weighted by Crippen LogP contribution is 2.25. The van der Waals surface area contributed by atoms with Crippen LogP contribution in [0.25, 0.3) is 0 Å². The molecule has 0 spiro atoms. The molecule has 3 amide bonds. The molecule has 0 radical (unpaired) electrons. The van der Waals surface area contributed by atoms with Crippen LogP contribution in [0, 0.1) is 0 Å². The van der Waals surface area contributed by atoms with Crippen molar-refractivity contribution in [2.45, 2.75) is 32.4 Å². The summed E-state index contributed by atoms with van der Waals surface area (Å²) in [6.07, 6.45) is 0.306. The number of hydrogen-bond acceptors (Lipinski definition) is 6. The lowest BCUT2D eigenvalue weighted by molar-refractivity contribution is -0.140. The zero-order valence-corrected chi connectivity index (χ0v) is 18.7. The fourth-order valence-corrected chi connectivity index (χ4v) is 4.21. The van der Waals surface area contributed by atoms with E-state index in [1.54, 1.807) is 18.9 Å². The summed E-state index contributed by atoms with van der Waals surface area (Å²) in [5.41, 5.74) is 2.85. The number of esters is 1. The van der Waals surface area contributed by atoms with Gasteiger partial charge in [-0.15, -0.1) is 0 Å². The first-order valence-corrected chi connectivity index (χ1v) is 11.0. The summed E-state index contributed by atoms with van der Waals surface area (Å²) in [7, 11) is 1.55. The fourth-order valence-electron chi connectivity index (χ4n) is 4.21. The van der Waals surface area contributed by atoms with Crippen LogP contribution in [0.3, 0.4) is 0 Å². The van der Waals surface area contributed by atoms with Crippen molar-refractivity contribution in [2.24, 2.45) is 0 Å². The summed E-state index contributed by atoms with van der Waals surface area (Å²) in [5, 5.41) is 0. The number of carbonyl (C=O) groups excluding carboxylic acids is 4. The predicted octanol–water partition coefficient (Wildman–Crippen LogP) is 2.45. The average molecular weight is 450 g/mol. The monoisotopic (exact) mass is 450 g/mol. The Bertz CT molecular complexity index is 1110. The number of methoxy groups -OCH3 is 1. The topological polar surface area (TPSA) is 93.2 Å². The summed E-state index contributed by atoms with van der Waals surface area (Å²) >= 11 is 0. The highest BCUT2D eigenvalue weighted by molar-refractivity contribution is 6.22. The van der Waals surface area contributed by atoms with E-state index in [1.807, 2.05) is 18.2 Å². The largest absolute Gasteiger partial charge is 0.449 e. The van der Waals surface area contributed by atoms with E-state index in [1.165, 1.54) is 23.8 Å². The molecular formula is C25H26N2O6. The molecule has 33 heavy (non-hydrogen) atoms. The van der Waals surface area contributed by atoms with Crippen LogP contribution < -0.4 is 0 Å². The number of rotatable bonds is 7. The first kappa shape index (κ1) is 22.7. The molecule has 2 aromatic carbocycles. The minimum absolute atomic E-state index is 0.122. The van der Waals surface area contributed by atoms with Crippen molar-refractivity contribution >= 4 is 23.7 Å². The molecule has 0 bridgehead atoms. The maximum atomic E-state index is 12.9. The number of imide groups is 1. The number of nitrogens with zero attached hydrogens (tertiary/aromatic N) is 2. The Kier molecular flexibility index (Phi) is 6.55. The first-order valence-electron chi connectivity index (χ1n) is 11.0. The molecule has 4 rings (SSSR count). The Morgan fingerprint density at radius 1 is 1.03 bits per heavy atom. The summed E-state index contributed by atoms with van der Waals surface area (Å²) in [6, 6.07) is 12.2. The molecule has 2 aliphatic heterocycles. The van der Waals surface area contributed by atoms with E-state index >= 15 is 0 Å². The summed E-state index contributed by atoms with van der Waals surface area (Å²) in [5.74, 6) is -1.82. The van der Waals surface area contributed by atoms with Gasteiger partial charge < -0.3 is 14.4 Å². The fraction of sp³-hybridized carbons (Fsp3) is 0.360. The maximum Gasteiger partial charge on any atom is 0.338 e. The van der Waals surface area contributed by atoms with Gasteiger partial charge in [-0.05, 0) is 49.1 Å². The molecule has 0 aliphatic carbocycles. The van der Waals surface area contributed by atoms with Crippen molar-refractivity contribution in [3.63, 3.8) is 0 Å². The first-order chi connectivity index (χ1) is 15.9. The van der Waals surface area contributed by atoms with E-state index in [9.17, 15) is 19.2 Å². The van der Waals surface area contributed by atoms with Crippen molar-refractivity contribution in [3.8, 4) is 0 Å². The third kappa shape index (κ3) is 4.52. The van der Waals surface area contributed by atoms with Gasteiger partial charge in [0.05, 0.1) is 16.7 Å². The number of hydrogen-bond donors (Lipinski definition) is 0. The van der Waals surface area contributed by atoms with E-state index in [4.69, 9.17) is 9.47 Å². The SMILES string of the molecule is COCCCN1C(=O)c2ccc(C(=O)OC(C)C(=O)N3CCc4ccccc4C3)cc2C1=O. The molecule has 2 aromatic rings. The summed E-state index contributed by atoms with van der Waals surface area (Å²) < 4.78 is 10.4. The smallest absolute Gasteiger partial charge is 0.338 e. The summed E-state index contributed by atoms with van der Waals surface area (Å²) in [4.78, 5) is 53.6. The number of amides is 3. The van der Waals surface area contributed by atoms with Gasteiger partial charge in [-0.3, -0.25) is 19.3 Å². The maximum absolute atomic E-state index is 12.9. The van der Waals surface area contributed by atoms with Crippen LogP contribution in [0.5, 0.6) is 0 Å². The molecule has 2 heterocycles. The van der Waals surface area contributed by atoms with Gasteiger partial charge in [-0.1, -0.05) is 24.3 Å². The van der Waals surface area contributed by atoms with E-state index < -0.39 is 18.0 Å². The van der Waals surface area contributed by atoms with Crippen molar-refractivity contribution in [1.82, 2.24) is 9.80 Å². The lowest BCUT2D eigenvalue weighted by Crippen LogP contribution is -2.42. The third-order valence-corrected chi connectivity index (χ3v) is 6.01. The Morgan fingerprint density at radius 2 is 1.76 bits per heavy atom.